The van der Waals surface area contributed by atoms with Gasteiger partial charge < -0.3 is 5.32 Å². The minimum atomic E-state index is 0.0675. The largest absolute Gasteiger partial charge is 0.361 e. The number of halogens is 1. The van der Waals surface area contributed by atoms with Crippen molar-refractivity contribution in [3.05, 3.63) is 45.4 Å². The Kier molecular flexibility index (Phi) is 4.56. The monoisotopic (exact) mass is 294 g/mol. The van der Waals surface area contributed by atoms with Crippen molar-refractivity contribution in [2.24, 2.45) is 0 Å². The van der Waals surface area contributed by atoms with E-state index in [1.54, 1.807) is 6.92 Å². The number of hydrogen-bond donors (Lipinski definition) is 1. The molecule has 0 radical (unpaired) electrons. The molecule has 1 N–H and O–H groups in total. The summed E-state index contributed by atoms with van der Waals surface area (Å²) in [5, 5.41) is 4.79. The zero-order chi connectivity index (χ0) is 13.8. The van der Waals surface area contributed by atoms with Crippen molar-refractivity contribution in [3.63, 3.8) is 0 Å². The fraction of sp³-hybridized carbons (Fsp3) is 0.286. The zero-order valence-electron chi connectivity index (χ0n) is 10.9. The van der Waals surface area contributed by atoms with Gasteiger partial charge in [0.15, 0.2) is 10.9 Å². The summed E-state index contributed by atoms with van der Waals surface area (Å²) in [6.07, 6.45) is 0.870. The van der Waals surface area contributed by atoms with E-state index < -0.39 is 0 Å². The molecule has 0 fully saturated rings. The highest BCUT2D eigenvalue weighted by molar-refractivity contribution is 7.17. The Balaban J connectivity index is 1.92. The Labute approximate surface area is 121 Å². The second-order valence-electron chi connectivity index (χ2n) is 4.30. The van der Waals surface area contributed by atoms with Crippen LogP contribution in [0.4, 0.5) is 5.13 Å². The van der Waals surface area contributed by atoms with E-state index >= 15 is 0 Å². The van der Waals surface area contributed by atoms with Gasteiger partial charge >= 0.3 is 0 Å². The minimum absolute atomic E-state index is 0.0675. The molecular weight excluding hydrogens is 280 g/mol. The molecule has 0 saturated carbocycles. The summed E-state index contributed by atoms with van der Waals surface area (Å²) >= 11 is 7.34. The fourth-order valence-corrected chi connectivity index (χ4v) is 2.91. The summed E-state index contributed by atoms with van der Waals surface area (Å²) in [6, 6.07) is 7.81. The number of nitrogens with zero attached hydrogens (tertiary/aromatic N) is 1. The van der Waals surface area contributed by atoms with Crippen LogP contribution in [0.15, 0.2) is 24.3 Å². The summed E-state index contributed by atoms with van der Waals surface area (Å²) in [5.41, 5.74) is 1.97. The molecule has 0 bridgehead atoms. The van der Waals surface area contributed by atoms with E-state index in [0.29, 0.717) is 0 Å². The third kappa shape index (κ3) is 3.78. The SMILES string of the molecule is CC(=O)c1sc(NCCc2cccc(Cl)c2)nc1C. The van der Waals surface area contributed by atoms with Crippen molar-refractivity contribution in [1.29, 1.82) is 0 Å². The first-order valence-electron chi connectivity index (χ1n) is 6.03. The number of benzene rings is 1. The van der Waals surface area contributed by atoms with Gasteiger partial charge in [-0.25, -0.2) is 4.98 Å². The maximum atomic E-state index is 11.3. The number of aryl methyl sites for hydroxylation is 1. The lowest BCUT2D eigenvalue weighted by Gasteiger charge is -2.03. The van der Waals surface area contributed by atoms with E-state index in [2.05, 4.69) is 10.3 Å². The van der Waals surface area contributed by atoms with Crippen LogP contribution in [-0.2, 0) is 6.42 Å². The standard InChI is InChI=1S/C14H15ClN2OS/c1-9-13(10(2)18)19-14(17-9)16-7-6-11-4-3-5-12(15)8-11/h3-5,8H,6-7H2,1-2H3,(H,16,17). The van der Waals surface area contributed by atoms with Gasteiger partial charge in [-0.3, -0.25) is 4.79 Å². The first-order valence-corrected chi connectivity index (χ1v) is 7.22. The Hall–Kier alpha value is -1.39. The number of ketones is 1. The lowest BCUT2D eigenvalue weighted by molar-refractivity contribution is 0.102. The third-order valence-electron chi connectivity index (χ3n) is 2.70. The summed E-state index contributed by atoms with van der Waals surface area (Å²) in [4.78, 5) is 16.4. The molecule has 5 heteroatoms. The molecule has 0 atom stereocenters. The molecule has 0 aliphatic rings. The van der Waals surface area contributed by atoms with Crippen LogP contribution in [0.5, 0.6) is 0 Å². The molecule has 0 unspecified atom stereocenters. The van der Waals surface area contributed by atoms with Gasteiger partial charge in [0.05, 0.1) is 10.6 Å². The number of rotatable bonds is 5. The van der Waals surface area contributed by atoms with Crippen molar-refractivity contribution >= 4 is 33.9 Å². The first kappa shape index (κ1) is 14.0. The summed E-state index contributed by atoms with van der Waals surface area (Å²) in [6.45, 7) is 4.19. The molecule has 1 heterocycles. The Morgan fingerprint density at radius 1 is 1.47 bits per heavy atom. The quantitative estimate of drug-likeness (QED) is 0.849. The number of carbonyl (C=O) groups excluding carboxylic acids is 1. The molecule has 0 aliphatic carbocycles. The smallest absolute Gasteiger partial charge is 0.183 e. The van der Waals surface area contributed by atoms with Gasteiger partial charge in [-0.2, -0.15) is 0 Å². The lowest BCUT2D eigenvalue weighted by atomic mass is 10.1. The summed E-state index contributed by atoms with van der Waals surface area (Å²) < 4.78 is 0. The second-order valence-corrected chi connectivity index (χ2v) is 5.73. The average Bonchev–Trinajstić information content (AvgIpc) is 2.71. The van der Waals surface area contributed by atoms with E-state index in [1.807, 2.05) is 31.2 Å². The summed E-state index contributed by atoms with van der Waals surface area (Å²) in [7, 11) is 0. The fourth-order valence-electron chi connectivity index (χ4n) is 1.80. The molecule has 100 valence electrons. The molecule has 19 heavy (non-hydrogen) atoms. The highest BCUT2D eigenvalue weighted by Crippen LogP contribution is 2.22. The van der Waals surface area contributed by atoms with Crippen LogP contribution in [0.1, 0.15) is 27.9 Å². The predicted octanol–water partition coefficient (Wildman–Crippen LogP) is 3.96. The van der Waals surface area contributed by atoms with Gasteiger partial charge in [-0.05, 0) is 31.0 Å². The van der Waals surface area contributed by atoms with Crippen LogP contribution in [-0.4, -0.2) is 17.3 Å². The molecule has 2 rings (SSSR count). The predicted molar refractivity (Wildman–Crippen MR) is 80.5 cm³/mol. The number of thiazole rings is 1. The van der Waals surface area contributed by atoms with E-state index in [0.717, 1.165) is 33.7 Å². The van der Waals surface area contributed by atoms with Gasteiger partial charge in [0.2, 0.25) is 0 Å². The maximum absolute atomic E-state index is 11.3. The molecule has 3 nitrogen and oxygen atoms in total. The van der Waals surface area contributed by atoms with Gasteiger partial charge in [0.1, 0.15) is 0 Å². The number of Topliss-reactive ketones (excluding diaryl/α,β-unsaturated/α-hetero) is 1. The van der Waals surface area contributed by atoms with Crippen LogP contribution in [0.2, 0.25) is 5.02 Å². The Morgan fingerprint density at radius 2 is 2.26 bits per heavy atom. The van der Waals surface area contributed by atoms with E-state index in [1.165, 1.54) is 16.9 Å². The van der Waals surface area contributed by atoms with Crippen LogP contribution in [0.3, 0.4) is 0 Å². The van der Waals surface area contributed by atoms with Crippen molar-refractivity contribution < 1.29 is 4.79 Å². The molecule has 2 aromatic rings. The highest BCUT2D eigenvalue weighted by atomic mass is 35.5. The lowest BCUT2D eigenvalue weighted by Crippen LogP contribution is -2.04. The molecule has 0 saturated heterocycles. The van der Waals surface area contributed by atoms with Crippen molar-refractivity contribution in [2.75, 3.05) is 11.9 Å². The minimum Gasteiger partial charge on any atom is -0.361 e. The average molecular weight is 295 g/mol. The van der Waals surface area contributed by atoms with Gasteiger partial charge in [0, 0.05) is 18.5 Å². The zero-order valence-corrected chi connectivity index (χ0v) is 12.4. The normalized spacial score (nSPS) is 10.5. The third-order valence-corrected chi connectivity index (χ3v) is 4.15. The summed E-state index contributed by atoms with van der Waals surface area (Å²) in [5.74, 6) is 0.0675. The van der Waals surface area contributed by atoms with Crippen molar-refractivity contribution in [1.82, 2.24) is 4.98 Å². The second kappa shape index (κ2) is 6.17. The molecule has 0 aliphatic heterocycles. The number of hydrogen-bond acceptors (Lipinski definition) is 4. The topological polar surface area (TPSA) is 42.0 Å². The number of anilines is 1. The highest BCUT2D eigenvalue weighted by Gasteiger charge is 2.10. The number of aromatic nitrogens is 1. The molecule has 1 aromatic carbocycles. The van der Waals surface area contributed by atoms with E-state index in [-0.39, 0.29) is 5.78 Å². The van der Waals surface area contributed by atoms with Crippen LogP contribution < -0.4 is 5.32 Å². The maximum Gasteiger partial charge on any atom is 0.183 e. The molecular formula is C14H15ClN2OS. The van der Waals surface area contributed by atoms with E-state index in [4.69, 9.17) is 11.6 Å². The molecule has 0 spiro atoms. The van der Waals surface area contributed by atoms with Gasteiger partial charge in [-0.1, -0.05) is 35.1 Å². The molecule has 0 amide bonds. The number of nitrogens with one attached hydrogen (secondary N) is 1. The Morgan fingerprint density at radius 3 is 2.89 bits per heavy atom. The van der Waals surface area contributed by atoms with Crippen LogP contribution in [0.25, 0.3) is 0 Å². The van der Waals surface area contributed by atoms with Gasteiger partial charge in [-0.15, -0.1) is 0 Å². The first-order chi connectivity index (χ1) is 9.06. The van der Waals surface area contributed by atoms with E-state index in [9.17, 15) is 4.79 Å². The number of carbonyl (C=O) groups is 1. The van der Waals surface area contributed by atoms with Crippen molar-refractivity contribution in [3.8, 4) is 0 Å². The van der Waals surface area contributed by atoms with Gasteiger partial charge in [0.25, 0.3) is 0 Å². The van der Waals surface area contributed by atoms with Crippen LogP contribution >= 0.6 is 22.9 Å². The van der Waals surface area contributed by atoms with Crippen LogP contribution in [0, 0.1) is 6.92 Å². The molecule has 1 aromatic heterocycles. The van der Waals surface area contributed by atoms with Crippen molar-refractivity contribution in [2.45, 2.75) is 20.3 Å². The Bertz CT molecular complexity index is 595.